The second-order valence-corrected chi connectivity index (χ2v) is 5.85. The molecule has 3 rings (SSSR count). The fraction of sp³-hybridized carbons (Fsp3) is 0.188. The normalized spacial score (nSPS) is 10.7. The molecule has 0 saturated carbocycles. The minimum absolute atomic E-state index is 0.107. The van der Waals surface area contributed by atoms with Crippen LogP contribution < -0.4 is 5.32 Å². The van der Waals surface area contributed by atoms with Gasteiger partial charge in [0.2, 0.25) is 5.91 Å². The lowest BCUT2D eigenvalue weighted by atomic mass is 10.3. The summed E-state index contributed by atoms with van der Waals surface area (Å²) < 4.78 is 14.8. The number of carbonyl (C=O) groups is 1. The average Bonchev–Trinajstić information content (AvgIpc) is 3.15. The van der Waals surface area contributed by atoms with Crippen LogP contribution in [0, 0.1) is 5.82 Å². The fourth-order valence-electron chi connectivity index (χ4n) is 2.08. The second kappa shape index (κ2) is 6.70. The summed E-state index contributed by atoms with van der Waals surface area (Å²) in [7, 11) is 0. The van der Waals surface area contributed by atoms with E-state index in [1.54, 1.807) is 29.2 Å². The standard InChI is InChI=1S/C16H15FN4OS/c1-2-12-9-23-16(20-12)14-7-21(10-18-14)8-15(22)19-13-5-3-4-11(17)6-13/h3-7,9-10H,2,8H2,1H3,(H,19,22). The molecule has 0 spiro atoms. The molecule has 118 valence electrons. The van der Waals surface area contributed by atoms with Gasteiger partial charge in [0.1, 0.15) is 23.1 Å². The molecule has 5 nitrogen and oxygen atoms in total. The highest BCUT2D eigenvalue weighted by atomic mass is 32.1. The molecular weight excluding hydrogens is 315 g/mol. The summed E-state index contributed by atoms with van der Waals surface area (Å²) in [5.41, 5.74) is 2.21. The van der Waals surface area contributed by atoms with Gasteiger partial charge >= 0.3 is 0 Å². The van der Waals surface area contributed by atoms with Crippen molar-refractivity contribution >= 4 is 22.9 Å². The van der Waals surface area contributed by atoms with E-state index >= 15 is 0 Å². The molecule has 7 heteroatoms. The van der Waals surface area contributed by atoms with Gasteiger partial charge in [0.05, 0.1) is 12.0 Å². The Hall–Kier alpha value is -2.54. The van der Waals surface area contributed by atoms with Crippen molar-refractivity contribution in [2.75, 3.05) is 5.32 Å². The van der Waals surface area contributed by atoms with Gasteiger partial charge in [-0.2, -0.15) is 0 Å². The largest absolute Gasteiger partial charge is 0.327 e. The van der Waals surface area contributed by atoms with E-state index in [-0.39, 0.29) is 18.3 Å². The van der Waals surface area contributed by atoms with Crippen molar-refractivity contribution in [1.82, 2.24) is 14.5 Å². The quantitative estimate of drug-likeness (QED) is 0.780. The van der Waals surface area contributed by atoms with E-state index in [0.29, 0.717) is 5.69 Å². The molecule has 0 aliphatic rings. The number of anilines is 1. The Labute approximate surface area is 136 Å². The SMILES string of the molecule is CCc1csc(-c2cn(CC(=O)Nc3cccc(F)c3)cn2)n1. The molecule has 0 bridgehead atoms. The van der Waals surface area contributed by atoms with Gasteiger partial charge in [0.15, 0.2) is 0 Å². The van der Waals surface area contributed by atoms with Crippen LogP contribution in [0.1, 0.15) is 12.6 Å². The summed E-state index contributed by atoms with van der Waals surface area (Å²) in [6, 6.07) is 5.80. The number of aryl methyl sites for hydroxylation is 1. The van der Waals surface area contributed by atoms with Crippen LogP contribution in [0.3, 0.4) is 0 Å². The van der Waals surface area contributed by atoms with Gasteiger partial charge in [-0.25, -0.2) is 14.4 Å². The monoisotopic (exact) mass is 330 g/mol. The number of aromatic nitrogens is 3. The summed E-state index contributed by atoms with van der Waals surface area (Å²) in [6.45, 7) is 2.16. The second-order valence-electron chi connectivity index (χ2n) is 4.99. The molecule has 3 aromatic rings. The van der Waals surface area contributed by atoms with Crippen molar-refractivity contribution in [3.8, 4) is 10.7 Å². The van der Waals surface area contributed by atoms with Crippen LogP contribution >= 0.6 is 11.3 Å². The first-order chi connectivity index (χ1) is 11.1. The van der Waals surface area contributed by atoms with Crippen molar-refractivity contribution in [2.24, 2.45) is 0 Å². The van der Waals surface area contributed by atoms with Crippen LogP contribution in [0.15, 0.2) is 42.2 Å². The van der Waals surface area contributed by atoms with E-state index in [1.807, 2.05) is 12.3 Å². The van der Waals surface area contributed by atoms with Crippen molar-refractivity contribution in [3.05, 3.63) is 53.7 Å². The Morgan fingerprint density at radius 2 is 2.30 bits per heavy atom. The third-order valence-electron chi connectivity index (χ3n) is 3.20. The topological polar surface area (TPSA) is 59.8 Å². The molecular formula is C16H15FN4OS. The Morgan fingerprint density at radius 1 is 1.43 bits per heavy atom. The number of nitrogens with one attached hydrogen (secondary N) is 1. The molecule has 2 heterocycles. The van der Waals surface area contributed by atoms with Crippen LogP contribution in [-0.2, 0) is 17.8 Å². The number of halogens is 1. The Morgan fingerprint density at radius 3 is 3.04 bits per heavy atom. The molecule has 0 saturated heterocycles. The van der Waals surface area contributed by atoms with Gasteiger partial charge in [0.25, 0.3) is 0 Å². The van der Waals surface area contributed by atoms with Gasteiger partial charge in [0, 0.05) is 17.3 Å². The highest BCUT2D eigenvalue weighted by Crippen LogP contribution is 2.22. The Balaban J connectivity index is 1.65. The number of benzene rings is 1. The van der Waals surface area contributed by atoms with Crippen LogP contribution in [0.5, 0.6) is 0 Å². The van der Waals surface area contributed by atoms with Crippen LogP contribution in [0.25, 0.3) is 10.7 Å². The predicted molar refractivity (Wildman–Crippen MR) is 87.7 cm³/mol. The molecule has 0 unspecified atom stereocenters. The van der Waals surface area contributed by atoms with E-state index in [4.69, 9.17) is 0 Å². The maximum Gasteiger partial charge on any atom is 0.244 e. The molecule has 23 heavy (non-hydrogen) atoms. The number of nitrogens with zero attached hydrogens (tertiary/aromatic N) is 3. The first-order valence-corrected chi connectivity index (χ1v) is 8.04. The third kappa shape index (κ3) is 3.81. The summed E-state index contributed by atoms with van der Waals surface area (Å²) in [6.07, 6.45) is 4.25. The van der Waals surface area contributed by atoms with Crippen LogP contribution in [0.4, 0.5) is 10.1 Å². The number of rotatable bonds is 5. The van der Waals surface area contributed by atoms with Crippen LogP contribution in [-0.4, -0.2) is 20.4 Å². The molecule has 1 amide bonds. The van der Waals surface area contributed by atoms with Crippen molar-refractivity contribution in [1.29, 1.82) is 0 Å². The zero-order valence-electron chi connectivity index (χ0n) is 12.5. The van der Waals surface area contributed by atoms with Crippen molar-refractivity contribution in [2.45, 2.75) is 19.9 Å². The zero-order valence-corrected chi connectivity index (χ0v) is 13.3. The minimum atomic E-state index is -0.386. The van der Waals surface area contributed by atoms with Crippen molar-refractivity contribution in [3.63, 3.8) is 0 Å². The van der Waals surface area contributed by atoms with E-state index in [1.165, 1.54) is 23.5 Å². The summed E-state index contributed by atoms with van der Waals surface area (Å²) >= 11 is 1.53. The van der Waals surface area contributed by atoms with E-state index < -0.39 is 0 Å². The maximum absolute atomic E-state index is 13.1. The lowest BCUT2D eigenvalue weighted by Gasteiger charge is -2.05. The van der Waals surface area contributed by atoms with Gasteiger partial charge in [-0.3, -0.25) is 4.79 Å². The van der Waals surface area contributed by atoms with Crippen LogP contribution in [0.2, 0.25) is 0 Å². The first-order valence-electron chi connectivity index (χ1n) is 7.16. The molecule has 0 fully saturated rings. The lowest BCUT2D eigenvalue weighted by Crippen LogP contribution is -2.17. The Bertz CT molecular complexity index is 827. The number of amides is 1. The highest BCUT2D eigenvalue weighted by Gasteiger charge is 2.09. The smallest absolute Gasteiger partial charge is 0.244 e. The number of carbonyl (C=O) groups excluding carboxylic acids is 1. The van der Waals surface area contributed by atoms with Crippen molar-refractivity contribution < 1.29 is 9.18 Å². The van der Waals surface area contributed by atoms with E-state index in [9.17, 15) is 9.18 Å². The minimum Gasteiger partial charge on any atom is -0.327 e. The summed E-state index contributed by atoms with van der Waals surface area (Å²) in [5.74, 6) is -0.629. The molecule has 2 aromatic heterocycles. The number of imidazole rings is 1. The summed E-state index contributed by atoms with van der Waals surface area (Å²) in [5, 5.41) is 5.50. The molecule has 0 radical (unpaired) electrons. The molecule has 0 aliphatic carbocycles. The maximum atomic E-state index is 13.1. The van der Waals surface area contributed by atoms with Gasteiger partial charge in [-0.05, 0) is 24.6 Å². The number of hydrogen-bond acceptors (Lipinski definition) is 4. The predicted octanol–water partition coefficient (Wildman–Crippen LogP) is 3.35. The van der Waals surface area contributed by atoms with E-state index in [2.05, 4.69) is 15.3 Å². The number of thiazole rings is 1. The lowest BCUT2D eigenvalue weighted by molar-refractivity contribution is -0.116. The molecule has 1 N–H and O–H groups in total. The Kier molecular flexibility index (Phi) is 4.47. The highest BCUT2D eigenvalue weighted by molar-refractivity contribution is 7.13. The first kappa shape index (κ1) is 15.4. The number of hydrogen-bond donors (Lipinski definition) is 1. The fourth-order valence-corrected chi connectivity index (χ4v) is 2.94. The van der Waals surface area contributed by atoms with Gasteiger partial charge in [-0.1, -0.05) is 13.0 Å². The zero-order chi connectivity index (χ0) is 16.2. The summed E-state index contributed by atoms with van der Waals surface area (Å²) in [4.78, 5) is 20.7. The van der Waals surface area contributed by atoms with Gasteiger partial charge < -0.3 is 9.88 Å². The molecule has 1 aromatic carbocycles. The third-order valence-corrected chi connectivity index (χ3v) is 4.11. The molecule has 0 aliphatic heterocycles. The van der Waals surface area contributed by atoms with Gasteiger partial charge in [-0.15, -0.1) is 11.3 Å². The van der Waals surface area contributed by atoms with E-state index in [0.717, 1.165) is 22.8 Å². The average molecular weight is 330 g/mol. The molecule has 0 atom stereocenters.